The van der Waals surface area contributed by atoms with Crippen LogP contribution in [0.4, 0.5) is 5.82 Å². The van der Waals surface area contributed by atoms with E-state index in [0.29, 0.717) is 12.5 Å². The standard InChI is InChI=1S/C15H24N4O3S/c1-3-23(20,21)16-8-6-13-7-9-22-15(13)10-19(11-15)14-5-4-12(2)17-18-14/h4-5,13,16H,3,6-11H2,1-2H3/t13-/m0/s1. The van der Waals surface area contributed by atoms with Crippen molar-refractivity contribution in [1.29, 1.82) is 0 Å². The van der Waals surface area contributed by atoms with Crippen LogP contribution in [0, 0.1) is 12.8 Å². The fraction of sp³-hybridized carbons (Fsp3) is 0.733. The van der Waals surface area contributed by atoms with E-state index in [4.69, 9.17) is 4.74 Å². The Hall–Kier alpha value is -1.25. The first kappa shape index (κ1) is 16.6. The zero-order valence-corrected chi connectivity index (χ0v) is 14.5. The molecule has 1 aromatic rings. The van der Waals surface area contributed by atoms with Crippen molar-refractivity contribution >= 4 is 15.8 Å². The number of hydrogen-bond donors (Lipinski definition) is 1. The zero-order valence-electron chi connectivity index (χ0n) is 13.7. The minimum Gasteiger partial charge on any atom is -0.371 e. The highest BCUT2D eigenvalue weighted by molar-refractivity contribution is 7.89. The maximum atomic E-state index is 11.5. The molecule has 0 radical (unpaired) electrons. The first-order chi connectivity index (χ1) is 10.9. The van der Waals surface area contributed by atoms with Crippen LogP contribution in [0.15, 0.2) is 12.1 Å². The van der Waals surface area contributed by atoms with E-state index in [9.17, 15) is 8.42 Å². The summed E-state index contributed by atoms with van der Waals surface area (Å²) in [5.41, 5.74) is 0.756. The van der Waals surface area contributed by atoms with E-state index in [-0.39, 0.29) is 11.4 Å². The summed E-state index contributed by atoms with van der Waals surface area (Å²) in [7, 11) is -3.11. The lowest BCUT2D eigenvalue weighted by atomic mass is 9.79. The van der Waals surface area contributed by atoms with Gasteiger partial charge < -0.3 is 9.64 Å². The van der Waals surface area contributed by atoms with Gasteiger partial charge in [0.15, 0.2) is 5.82 Å². The minimum atomic E-state index is -3.11. The third-order valence-electron chi connectivity index (χ3n) is 4.82. The maximum absolute atomic E-state index is 11.5. The van der Waals surface area contributed by atoms with E-state index < -0.39 is 10.0 Å². The molecule has 8 heteroatoms. The largest absolute Gasteiger partial charge is 0.371 e. The fourth-order valence-corrected chi connectivity index (χ4v) is 3.99. The second kappa shape index (κ2) is 6.33. The van der Waals surface area contributed by atoms with Crippen LogP contribution in [0.3, 0.4) is 0 Å². The SMILES string of the molecule is CCS(=O)(=O)NCC[C@H]1CCOC12CN(c1ccc(C)nn1)C2. The molecule has 1 spiro atoms. The lowest BCUT2D eigenvalue weighted by Crippen LogP contribution is -2.65. The van der Waals surface area contributed by atoms with E-state index >= 15 is 0 Å². The molecule has 1 aromatic heterocycles. The zero-order chi connectivity index (χ0) is 16.5. The van der Waals surface area contributed by atoms with Gasteiger partial charge in [-0.3, -0.25) is 0 Å². The molecule has 0 aromatic carbocycles. The molecular formula is C15H24N4O3S. The van der Waals surface area contributed by atoms with E-state index in [1.54, 1.807) is 6.92 Å². The molecule has 7 nitrogen and oxygen atoms in total. The van der Waals surface area contributed by atoms with E-state index in [1.165, 1.54) is 0 Å². The lowest BCUT2D eigenvalue weighted by Gasteiger charge is -2.50. The van der Waals surface area contributed by atoms with Crippen molar-refractivity contribution in [2.45, 2.75) is 32.3 Å². The third-order valence-corrected chi connectivity index (χ3v) is 6.22. The molecule has 1 N–H and O–H groups in total. The number of nitrogens with zero attached hydrogens (tertiary/aromatic N) is 3. The van der Waals surface area contributed by atoms with Crippen molar-refractivity contribution in [1.82, 2.24) is 14.9 Å². The van der Waals surface area contributed by atoms with Crippen LogP contribution in [0.5, 0.6) is 0 Å². The number of anilines is 1. The molecule has 2 fully saturated rings. The number of sulfonamides is 1. The highest BCUT2D eigenvalue weighted by Gasteiger charge is 2.53. The summed E-state index contributed by atoms with van der Waals surface area (Å²) >= 11 is 0. The Morgan fingerprint density at radius 3 is 2.83 bits per heavy atom. The van der Waals surface area contributed by atoms with E-state index in [0.717, 1.165) is 44.0 Å². The Morgan fingerprint density at radius 2 is 2.17 bits per heavy atom. The van der Waals surface area contributed by atoms with E-state index in [2.05, 4.69) is 19.8 Å². The molecule has 23 heavy (non-hydrogen) atoms. The summed E-state index contributed by atoms with van der Waals surface area (Å²) in [5.74, 6) is 1.39. The highest BCUT2D eigenvalue weighted by Crippen LogP contribution is 2.42. The predicted molar refractivity (Wildman–Crippen MR) is 87.9 cm³/mol. The predicted octanol–water partition coefficient (Wildman–Crippen LogP) is 0.710. The van der Waals surface area contributed by atoms with Crippen LogP contribution in [-0.2, 0) is 14.8 Å². The van der Waals surface area contributed by atoms with Gasteiger partial charge >= 0.3 is 0 Å². The molecule has 0 bridgehead atoms. The van der Waals surface area contributed by atoms with Gasteiger partial charge in [-0.05, 0) is 44.7 Å². The molecule has 2 saturated heterocycles. The van der Waals surface area contributed by atoms with Crippen LogP contribution in [-0.4, -0.2) is 56.2 Å². The molecule has 3 heterocycles. The molecule has 0 aliphatic carbocycles. The van der Waals surface area contributed by atoms with Crippen LogP contribution in [0.25, 0.3) is 0 Å². The average Bonchev–Trinajstić information content (AvgIpc) is 2.90. The Kier molecular flexibility index (Phi) is 4.57. The second-order valence-corrected chi connectivity index (χ2v) is 8.47. The van der Waals surface area contributed by atoms with Gasteiger partial charge in [-0.2, -0.15) is 5.10 Å². The van der Waals surface area contributed by atoms with Gasteiger partial charge in [0, 0.05) is 13.2 Å². The Bertz CT molecular complexity index is 641. The summed E-state index contributed by atoms with van der Waals surface area (Å²) in [6.45, 7) is 6.40. The van der Waals surface area contributed by atoms with Crippen molar-refractivity contribution in [3.63, 3.8) is 0 Å². The van der Waals surface area contributed by atoms with Crippen molar-refractivity contribution in [3.05, 3.63) is 17.8 Å². The maximum Gasteiger partial charge on any atom is 0.211 e. The van der Waals surface area contributed by atoms with Crippen LogP contribution >= 0.6 is 0 Å². The number of hydrogen-bond acceptors (Lipinski definition) is 6. The molecule has 128 valence electrons. The minimum absolute atomic E-state index is 0.124. The molecule has 0 saturated carbocycles. The van der Waals surface area contributed by atoms with Crippen molar-refractivity contribution < 1.29 is 13.2 Å². The van der Waals surface area contributed by atoms with E-state index in [1.807, 2.05) is 19.1 Å². The number of aromatic nitrogens is 2. The van der Waals surface area contributed by atoms with Gasteiger partial charge in [-0.25, -0.2) is 13.1 Å². The Morgan fingerprint density at radius 1 is 1.39 bits per heavy atom. The normalized spacial score (nSPS) is 23.2. The number of aryl methyl sites for hydroxylation is 1. The Labute approximate surface area is 137 Å². The highest BCUT2D eigenvalue weighted by atomic mass is 32.2. The third kappa shape index (κ3) is 3.49. The first-order valence-electron chi connectivity index (χ1n) is 8.11. The number of ether oxygens (including phenoxy) is 1. The summed E-state index contributed by atoms with van der Waals surface area (Å²) in [6.07, 6.45) is 1.80. The molecule has 2 aliphatic rings. The number of rotatable bonds is 6. The summed E-state index contributed by atoms with van der Waals surface area (Å²) in [6, 6.07) is 3.94. The second-order valence-electron chi connectivity index (χ2n) is 6.37. The lowest BCUT2D eigenvalue weighted by molar-refractivity contribution is -0.0454. The van der Waals surface area contributed by atoms with Crippen molar-refractivity contribution in [2.75, 3.05) is 36.9 Å². The molecule has 0 unspecified atom stereocenters. The quantitative estimate of drug-likeness (QED) is 0.821. The van der Waals surface area contributed by atoms with Gasteiger partial charge in [0.25, 0.3) is 0 Å². The van der Waals surface area contributed by atoms with Crippen LogP contribution < -0.4 is 9.62 Å². The summed E-state index contributed by atoms with van der Waals surface area (Å²) in [5, 5.41) is 8.31. The first-order valence-corrected chi connectivity index (χ1v) is 9.76. The fourth-order valence-electron chi connectivity index (χ4n) is 3.36. The topological polar surface area (TPSA) is 84.4 Å². The molecule has 1 atom stereocenters. The average molecular weight is 340 g/mol. The van der Waals surface area contributed by atoms with Gasteiger partial charge in [-0.1, -0.05) is 0 Å². The van der Waals surface area contributed by atoms with Gasteiger partial charge in [-0.15, -0.1) is 5.10 Å². The molecule has 0 amide bonds. The summed E-state index contributed by atoms with van der Waals surface area (Å²) in [4.78, 5) is 2.17. The van der Waals surface area contributed by atoms with Crippen LogP contribution in [0.1, 0.15) is 25.5 Å². The molecular weight excluding hydrogens is 316 g/mol. The van der Waals surface area contributed by atoms with Crippen molar-refractivity contribution in [3.8, 4) is 0 Å². The van der Waals surface area contributed by atoms with Crippen molar-refractivity contribution in [2.24, 2.45) is 5.92 Å². The summed E-state index contributed by atoms with van der Waals surface area (Å²) < 4.78 is 31.7. The van der Waals surface area contributed by atoms with Crippen LogP contribution in [0.2, 0.25) is 0 Å². The molecule has 2 aliphatic heterocycles. The Balaban J connectivity index is 1.55. The van der Waals surface area contributed by atoms with Gasteiger partial charge in [0.1, 0.15) is 5.60 Å². The number of nitrogens with one attached hydrogen (secondary N) is 1. The van der Waals surface area contributed by atoms with Gasteiger partial charge in [0.2, 0.25) is 10.0 Å². The smallest absolute Gasteiger partial charge is 0.211 e. The monoisotopic (exact) mass is 340 g/mol. The molecule has 3 rings (SSSR count). The van der Waals surface area contributed by atoms with Gasteiger partial charge in [0.05, 0.1) is 24.5 Å².